The zero-order valence-corrected chi connectivity index (χ0v) is 17.0. The Balaban J connectivity index is 1.45. The quantitative estimate of drug-likeness (QED) is 0.574. The number of ether oxygens (including phenoxy) is 1. The predicted molar refractivity (Wildman–Crippen MR) is 119 cm³/mol. The first-order valence-electron chi connectivity index (χ1n) is 10.2. The van der Waals surface area contributed by atoms with Crippen molar-refractivity contribution in [2.24, 2.45) is 0 Å². The Morgan fingerprint density at radius 1 is 0.897 bits per heavy atom. The summed E-state index contributed by atoms with van der Waals surface area (Å²) in [5, 5.41) is 6.65. The Hall–Kier alpha value is -3.28. The lowest BCUT2D eigenvalue weighted by Crippen LogP contribution is -2.17. The lowest BCUT2D eigenvalue weighted by atomic mass is 10.2. The molecule has 0 atom stereocenters. The molecule has 29 heavy (non-hydrogen) atoms. The van der Waals surface area contributed by atoms with Crippen LogP contribution in [0, 0.1) is 6.92 Å². The first kappa shape index (κ1) is 19.1. The molecule has 4 rings (SSSR count). The van der Waals surface area contributed by atoms with Crippen LogP contribution in [0.25, 0.3) is 0 Å². The third-order valence-electron chi connectivity index (χ3n) is 4.89. The molecular formula is C23H27N5O. The van der Waals surface area contributed by atoms with E-state index in [1.54, 1.807) is 0 Å². The number of rotatable bonds is 7. The van der Waals surface area contributed by atoms with Crippen molar-refractivity contribution in [3.05, 3.63) is 60.3 Å². The molecule has 1 saturated heterocycles. The maximum Gasteiger partial charge on any atom is 0.229 e. The van der Waals surface area contributed by atoms with E-state index in [4.69, 9.17) is 4.74 Å². The summed E-state index contributed by atoms with van der Waals surface area (Å²) in [6.07, 6.45) is 2.56. The Kier molecular flexibility index (Phi) is 5.79. The summed E-state index contributed by atoms with van der Waals surface area (Å²) < 4.78 is 5.49. The molecule has 0 aliphatic carbocycles. The second kappa shape index (κ2) is 8.82. The summed E-state index contributed by atoms with van der Waals surface area (Å²) in [7, 11) is 0. The van der Waals surface area contributed by atoms with Crippen LogP contribution < -0.4 is 20.3 Å². The molecule has 0 radical (unpaired) electrons. The van der Waals surface area contributed by atoms with Crippen molar-refractivity contribution in [3.63, 3.8) is 0 Å². The zero-order valence-electron chi connectivity index (χ0n) is 17.0. The normalized spacial score (nSPS) is 13.4. The number of nitrogens with one attached hydrogen (secondary N) is 2. The molecule has 0 unspecified atom stereocenters. The van der Waals surface area contributed by atoms with Crippen LogP contribution in [0.1, 0.15) is 25.5 Å². The number of anilines is 5. The fourth-order valence-electron chi connectivity index (χ4n) is 3.50. The number of hydrogen-bond acceptors (Lipinski definition) is 6. The number of aryl methyl sites for hydroxylation is 1. The van der Waals surface area contributed by atoms with Crippen LogP contribution in [0.5, 0.6) is 5.75 Å². The van der Waals surface area contributed by atoms with Gasteiger partial charge in [-0.2, -0.15) is 4.98 Å². The van der Waals surface area contributed by atoms with Gasteiger partial charge in [0.2, 0.25) is 5.95 Å². The average molecular weight is 390 g/mol. The lowest BCUT2D eigenvalue weighted by molar-refractivity contribution is 0.340. The second-order valence-corrected chi connectivity index (χ2v) is 7.17. The van der Waals surface area contributed by atoms with Crippen molar-refractivity contribution >= 4 is 28.8 Å². The Bertz CT molecular complexity index is 934. The van der Waals surface area contributed by atoms with Crippen molar-refractivity contribution < 1.29 is 4.74 Å². The lowest BCUT2D eigenvalue weighted by Gasteiger charge is -2.18. The van der Waals surface area contributed by atoms with Crippen LogP contribution in [0.2, 0.25) is 0 Å². The highest BCUT2D eigenvalue weighted by atomic mass is 16.5. The van der Waals surface area contributed by atoms with E-state index in [1.807, 2.05) is 44.2 Å². The summed E-state index contributed by atoms with van der Waals surface area (Å²) >= 11 is 0. The molecule has 1 aliphatic heterocycles. The van der Waals surface area contributed by atoms with Gasteiger partial charge in [0.05, 0.1) is 6.61 Å². The number of aromatic nitrogens is 2. The summed E-state index contributed by atoms with van der Waals surface area (Å²) in [5.74, 6) is 2.18. The minimum atomic E-state index is 0.576. The van der Waals surface area contributed by atoms with E-state index in [2.05, 4.69) is 49.8 Å². The van der Waals surface area contributed by atoms with Crippen molar-refractivity contribution in [1.29, 1.82) is 0 Å². The molecule has 2 heterocycles. The molecule has 1 fully saturated rings. The van der Waals surface area contributed by atoms with Crippen molar-refractivity contribution in [2.75, 3.05) is 35.2 Å². The van der Waals surface area contributed by atoms with Crippen LogP contribution in [-0.4, -0.2) is 29.7 Å². The van der Waals surface area contributed by atoms with E-state index in [9.17, 15) is 0 Å². The highest BCUT2D eigenvalue weighted by molar-refractivity contribution is 5.62. The minimum Gasteiger partial charge on any atom is -0.494 e. The molecule has 150 valence electrons. The van der Waals surface area contributed by atoms with E-state index in [0.717, 1.165) is 41.7 Å². The van der Waals surface area contributed by atoms with Gasteiger partial charge in [0.1, 0.15) is 11.6 Å². The third kappa shape index (κ3) is 4.96. The van der Waals surface area contributed by atoms with Gasteiger partial charge in [-0.25, -0.2) is 4.98 Å². The molecule has 1 aliphatic rings. The van der Waals surface area contributed by atoms with Crippen LogP contribution in [0.4, 0.5) is 28.8 Å². The van der Waals surface area contributed by atoms with E-state index >= 15 is 0 Å². The van der Waals surface area contributed by atoms with Crippen LogP contribution >= 0.6 is 0 Å². The van der Waals surface area contributed by atoms with Gasteiger partial charge in [0, 0.05) is 41.9 Å². The Morgan fingerprint density at radius 2 is 1.55 bits per heavy atom. The van der Waals surface area contributed by atoms with Crippen LogP contribution in [0.3, 0.4) is 0 Å². The summed E-state index contributed by atoms with van der Waals surface area (Å²) in [5.41, 5.74) is 4.10. The zero-order chi connectivity index (χ0) is 20.1. The highest BCUT2D eigenvalue weighted by Crippen LogP contribution is 2.24. The van der Waals surface area contributed by atoms with Gasteiger partial charge in [0.15, 0.2) is 0 Å². The van der Waals surface area contributed by atoms with Crippen molar-refractivity contribution in [2.45, 2.75) is 26.7 Å². The number of nitrogens with zero attached hydrogens (tertiary/aromatic N) is 3. The molecule has 1 aromatic heterocycles. The van der Waals surface area contributed by atoms with Crippen molar-refractivity contribution in [1.82, 2.24) is 9.97 Å². The molecule has 0 spiro atoms. The molecule has 0 amide bonds. The number of benzene rings is 2. The molecule has 6 nitrogen and oxygen atoms in total. The Labute approximate surface area is 172 Å². The molecule has 6 heteroatoms. The molecule has 3 aromatic rings. The minimum absolute atomic E-state index is 0.576. The third-order valence-corrected chi connectivity index (χ3v) is 4.89. The van der Waals surface area contributed by atoms with Gasteiger partial charge in [-0.3, -0.25) is 0 Å². The standard InChI is InChI=1S/C23H27N5O/c1-3-29-21-12-8-18(9-13-21)25-22-16-17(2)24-23(27-22)26-19-6-10-20(11-7-19)28-14-4-5-15-28/h6-13,16H,3-5,14-15H2,1-2H3,(H2,24,25,26,27). The van der Waals surface area contributed by atoms with E-state index in [-0.39, 0.29) is 0 Å². The molecular weight excluding hydrogens is 362 g/mol. The largest absolute Gasteiger partial charge is 0.494 e. The van der Waals surface area contributed by atoms with Gasteiger partial charge >= 0.3 is 0 Å². The van der Waals surface area contributed by atoms with Gasteiger partial charge in [0.25, 0.3) is 0 Å². The van der Waals surface area contributed by atoms with Crippen LogP contribution in [-0.2, 0) is 0 Å². The van der Waals surface area contributed by atoms with E-state index < -0.39 is 0 Å². The smallest absolute Gasteiger partial charge is 0.229 e. The van der Waals surface area contributed by atoms with E-state index in [0.29, 0.717) is 12.6 Å². The SMILES string of the molecule is CCOc1ccc(Nc2cc(C)nc(Nc3ccc(N4CCCC4)cc3)n2)cc1. The molecule has 2 aromatic carbocycles. The first-order chi connectivity index (χ1) is 14.2. The summed E-state index contributed by atoms with van der Waals surface area (Å²) in [6, 6.07) is 18.3. The maximum atomic E-state index is 5.49. The maximum absolute atomic E-state index is 5.49. The van der Waals surface area contributed by atoms with Gasteiger partial charge in [-0.05, 0) is 75.2 Å². The monoisotopic (exact) mass is 389 g/mol. The number of hydrogen-bond donors (Lipinski definition) is 2. The Morgan fingerprint density at radius 3 is 2.24 bits per heavy atom. The summed E-state index contributed by atoms with van der Waals surface area (Å²) in [6.45, 7) is 6.89. The molecule has 0 saturated carbocycles. The topological polar surface area (TPSA) is 62.3 Å². The highest BCUT2D eigenvalue weighted by Gasteiger charge is 2.12. The first-order valence-corrected chi connectivity index (χ1v) is 10.2. The van der Waals surface area contributed by atoms with Gasteiger partial charge < -0.3 is 20.3 Å². The van der Waals surface area contributed by atoms with Crippen LogP contribution in [0.15, 0.2) is 54.6 Å². The predicted octanol–water partition coefficient (Wildman–Crippen LogP) is 5.27. The van der Waals surface area contributed by atoms with Gasteiger partial charge in [-0.15, -0.1) is 0 Å². The molecule has 2 N–H and O–H groups in total. The fourth-order valence-corrected chi connectivity index (χ4v) is 3.50. The second-order valence-electron chi connectivity index (χ2n) is 7.17. The molecule has 0 bridgehead atoms. The van der Waals surface area contributed by atoms with E-state index in [1.165, 1.54) is 18.5 Å². The van der Waals surface area contributed by atoms with Gasteiger partial charge in [-0.1, -0.05) is 0 Å². The average Bonchev–Trinajstić information content (AvgIpc) is 3.25. The fraction of sp³-hybridized carbons (Fsp3) is 0.304. The van der Waals surface area contributed by atoms with Crippen molar-refractivity contribution in [3.8, 4) is 5.75 Å². The summed E-state index contributed by atoms with van der Waals surface area (Å²) in [4.78, 5) is 11.5.